The van der Waals surface area contributed by atoms with Gasteiger partial charge in [-0.2, -0.15) is 0 Å². The topological polar surface area (TPSA) is 0 Å². The number of fused-ring (bicyclic) bond motifs is 2. The molecule has 3 aliphatic carbocycles. The molecule has 0 spiro atoms. The zero-order valence-corrected chi connectivity index (χ0v) is 9.58. The van der Waals surface area contributed by atoms with Crippen LogP contribution in [0.25, 0.3) is 0 Å². The van der Waals surface area contributed by atoms with Crippen molar-refractivity contribution in [1.82, 2.24) is 0 Å². The number of allylic oxidation sites excluding steroid dienone is 6. The van der Waals surface area contributed by atoms with E-state index in [4.69, 9.17) is 0 Å². The lowest BCUT2D eigenvalue weighted by Gasteiger charge is -2.40. The minimum Gasteiger partial charge on any atom is -0.0882 e. The zero-order valence-electron chi connectivity index (χ0n) is 9.58. The molecule has 0 bridgehead atoms. The molecule has 3 rings (SSSR count). The van der Waals surface area contributed by atoms with Crippen LogP contribution in [-0.2, 0) is 0 Å². The van der Waals surface area contributed by atoms with Crippen molar-refractivity contribution in [2.75, 3.05) is 0 Å². The lowest BCUT2D eigenvalue weighted by Crippen LogP contribution is -2.29. The van der Waals surface area contributed by atoms with Crippen LogP contribution in [0.4, 0.5) is 0 Å². The highest BCUT2D eigenvalue weighted by atomic mass is 14.4. The van der Waals surface area contributed by atoms with Crippen LogP contribution in [-0.4, -0.2) is 0 Å². The Hall–Kier alpha value is -0.780. The number of hydrogen-bond donors (Lipinski definition) is 0. The van der Waals surface area contributed by atoms with Crippen LogP contribution in [0.5, 0.6) is 0 Å². The molecule has 0 N–H and O–H groups in total. The summed E-state index contributed by atoms with van der Waals surface area (Å²) in [6, 6.07) is 0. The van der Waals surface area contributed by atoms with Gasteiger partial charge in [0.05, 0.1) is 0 Å². The van der Waals surface area contributed by atoms with Gasteiger partial charge in [-0.3, -0.25) is 0 Å². The third-order valence-electron chi connectivity index (χ3n) is 4.57. The molecule has 0 nitrogen and oxygen atoms in total. The van der Waals surface area contributed by atoms with Crippen molar-refractivity contribution in [3.63, 3.8) is 0 Å². The molecule has 0 aromatic rings. The molecule has 0 heteroatoms. The van der Waals surface area contributed by atoms with Gasteiger partial charge in [-0.05, 0) is 56.8 Å². The average Bonchev–Trinajstić information content (AvgIpc) is 2.27. The van der Waals surface area contributed by atoms with Gasteiger partial charge in [0.15, 0.2) is 0 Å². The van der Waals surface area contributed by atoms with Crippen molar-refractivity contribution in [1.29, 1.82) is 0 Å². The van der Waals surface area contributed by atoms with E-state index in [-0.39, 0.29) is 0 Å². The third kappa shape index (κ3) is 1.60. The Kier molecular flexibility index (Phi) is 2.31. The van der Waals surface area contributed by atoms with Gasteiger partial charge in [0, 0.05) is 0 Å². The van der Waals surface area contributed by atoms with E-state index in [1.807, 2.05) is 0 Å². The SMILES string of the molecule is CC1=C2CC3CC=CCC3CC2CC=C1. The van der Waals surface area contributed by atoms with Crippen LogP contribution in [0.2, 0.25) is 0 Å². The van der Waals surface area contributed by atoms with E-state index in [1.165, 1.54) is 32.1 Å². The molecule has 3 aliphatic rings. The summed E-state index contributed by atoms with van der Waals surface area (Å²) >= 11 is 0. The fourth-order valence-electron chi connectivity index (χ4n) is 3.66. The zero-order chi connectivity index (χ0) is 10.3. The number of rotatable bonds is 0. The van der Waals surface area contributed by atoms with Gasteiger partial charge in [-0.25, -0.2) is 0 Å². The second kappa shape index (κ2) is 3.66. The molecule has 3 unspecified atom stereocenters. The highest BCUT2D eigenvalue weighted by Gasteiger charge is 2.34. The van der Waals surface area contributed by atoms with Gasteiger partial charge in [-0.1, -0.05) is 35.5 Å². The molecule has 0 saturated heterocycles. The fraction of sp³-hybridized carbons (Fsp3) is 0.600. The van der Waals surface area contributed by atoms with Crippen LogP contribution in [0, 0.1) is 17.8 Å². The highest BCUT2D eigenvalue weighted by Crippen LogP contribution is 2.46. The van der Waals surface area contributed by atoms with Crippen molar-refractivity contribution in [3.05, 3.63) is 35.5 Å². The molecule has 0 aliphatic heterocycles. The molecule has 80 valence electrons. The maximum absolute atomic E-state index is 2.40. The second-order valence-electron chi connectivity index (χ2n) is 5.45. The highest BCUT2D eigenvalue weighted by molar-refractivity contribution is 5.32. The monoisotopic (exact) mass is 200 g/mol. The molecule has 0 radical (unpaired) electrons. The van der Waals surface area contributed by atoms with E-state index in [0.29, 0.717) is 0 Å². The normalized spacial score (nSPS) is 38.9. The second-order valence-corrected chi connectivity index (χ2v) is 5.45. The summed E-state index contributed by atoms with van der Waals surface area (Å²) in [5.41, 5.74) is 3.35. The summed E-state index contributed by atoms with van der Waals surface area (Å²) in [6.45, 7) is 2.30. The Bertz CT molecular complexity index is 343. The molecule has 0 aromatic carbocycles. The maximum Gasteiger partial charge on any atom is -0.0160 e. The smallest absolute Gasteiger partial charge is 0.0160 e. The van der Waals surface area contributed by atoms with Crippen molar-refractivity contribution >= 4 is 0 Å². The molecule has 0 heterocycles. The van der Waals surface area contributed by atoms with Crippen LogP contribution in [0.3, 0.4) is 0 Å². The van der Waals surface area contributed by atoms with Crippen LogP contribution >= 0.6 is 0 Å². The molecule has 15 heavy (non-hydrogen) atoms. The predicted molar refractivity (Wildman–Crippen MR) is 64.5 cm³/mol. The Labute approximate surface area is 92.8 Å². The third-order valence-corrected chi connectivity index (χ3v) is 4.57. The molecule has 0 aromatic heterocycles. The van der Waals surface area contributed by atoms with Crippen LogP contribution < -0.4 is 0 Å². The molecule has 0 amide bonds. The van der Waals surface area contributed by atoms with E-state index in [2.05, 4.69) is 31.2 Å². The molecule has 3 atom stereocenters. The summed E-state index contributed by atoms with van der Waals surface area (Å²) < 4.78 is 0. The molecular formula is C15H20. The number of hydrogen-bond acceptors (Lipinski definition) is 0. The van der Waals surface area contributed by atoms with Gasteiger partial charge >= 0.3 is 0 Å². The lowest BCUT2D eigenvalue weighted by atomic mass is 9.65. The standard InChI is InChI=1S/C15H20/c1-11-5-4-8-14-9-12-6-2-3-7-13(12)10-15(11)14/h2-5,12-14H,6-10H2,1H3. The lowest BCUT2D eigenvalue weighted by molar-refractivity contribution is 0.223. The Morgan fingerprint density at radius 3 is 2.67 bits per heavy atom. The van der Waals surface area contributed by atoms with Gasteiger partial charge < -0.3 is 0 Å². The quantitative estimate of drug-likeness (QED) is 0.513. The summed E-state index contributed by atoms with van der Waals surface area (Å²) in [4.78, 5) is 0. The first-order chi connectivity index (χ1) is 7.34. The minimum atomic E-state index is 0.891. The first-order valence-corrected chi connectivity index (χ1v) is 6.36. The maximum atomic E-state index is 2.40. The van der Waals surface area contributed by atoms with Gasteiger partial charge in [0.1, 0.15) is 0 Å². The van der Waals surface area contributed by atoms with Gasteiger partial charge in [0.2, 0.25) is 0 Å². The first-order valence-electron chi connectivity index (χ1n) is 6.36. The Morgan fingerprint density at radius 1 is 1.00 bits per heavy atom. The van der Waals surface area contributed by atoms with E-state index < -0.39 is 0 Å². The summed E-state index contributed by atoms with van der Waals surface area (Å²) in [5, 5.41) is 0. The van der Waals surface area contributed by atoms with Crippen molar-refractivity contribution in [2.24, 2.45) is 17.8 Å². The Morgan fingerprint density at radius 2 is 1.80 bits per heavy atom. The summed E-state index contributed by atoms with van der Waals surface area (Å²) in [5.74, 6) is 2.84. The predicted octanol–water partition coefficient (Wildman–Crippen LogP) is 4.26. The van der Waals surface area contributed by atoms with E-state index in [0.717, 1.165) is 17.8 Å². The van der Waals surface area contributed by atoms with Crippen molar-refractivity contribution < 1.29 is 0 Å². The van der Waals surface area contributed by atoms with Crippen LogP contribution in [0.15, 0.2) is 35.5 Å². The largest absolute Gasteiger partial charge is 0.0882 e. The van der Waals surface area contributed by atoms with Crippen molar-refractivity contribution in [3.8, 4) is 0 Å². The minimum absolute atomic E-state index is 0.891. The fourth-order valence-corrected chi connectivity index (χ4v) is 3.66. The van der Waals surface area contributed by atoms with E-state index >= 15 is 0 Å². The van der Waals surface area contributed by atoms with Gasteiger partial charge in [0.25, 0.3) is 0 Å². The first kappa shape index (κ1) is 9.45. The molecule has 1 fully saturated rings. The van der Waals surface area contributed by atoms with Gasteiger partial charge in [-0.15, -0.1) is 0 Å². The summed E-state index contributed by atoms with van der Waals surface area (Å²) in [7, 11) is 0. The summed E-state index contributed by atoms with van der Waals surface area (Å²) in [6.07, 6.45) is 16.3. The van der Waals surface area contributed by atoms with Crippen LogP contribution in [0.1, 0.15) is 39.0 Å². The van der Waals surface area contributed by atoms with E-state index in [9.17, 15) is 0 Å². The van der Waals surface area contributed by atoms with E-state index in [1.54, 1.807) is 11.1 Å². The molecular weight excluding hydrogens is 180 g/mol. The average molecular weight is 200 g/mol. The van der Waals surface area contributed by atoms with Crippen molar-refractivity contribution in [2.45, 2.75) is 39.0 Å². The Balaban J connectivity index is 1.87. The molecule has 1 saturated carbocycles.